The van der Waals surface area contributed by atoms with Crippen LogP contribution in [0.25, 0.3) is 0 Å². The number of likely N-dealkylation sites (tertiary alicyclic amines) is 1. The molecular weight excluding hydrogens is 263 g/mol. The van der Waals surface area contributed by atoms with E-state index in [1.54, 1.807) is 0 Å². The smallest absolute Gasteiger partial charge is 0.325 e. The van der Waals surface area contributed by atoms with E-state index in [0.29, 0.717) is 12.5 Å². The summed E-state index contributed by atoms with van der Waals surface area (Å²) in [5, 5.41) is 0. The van der Waals surface area contributed by atoms with Crippen LogP contribution in [0, 0.1) is 0 Å². The van der Waals surface area contributed by atoms with Crippen LogP contribution in [-0.4, -0.2) is 46.5 Å². The molecule has 1 aliphatic heterocycles. The molecule has 1 aliphatic rings. The van der Waals surface area contributed by atoms with Gasteiger partial charge in [0, 0.05) is 12.2 Å². The van der Waals surface area contributed by atoms with Gasteiger partial charge in [0.1, 0.15) is 0 Å². The van der Waals surface area contributed by atoms with Crippen LogP contribution in [0.5, 0.6) is 0 Å². The molecule has 0 amide bonds. The fourth-order valence-electron chi connectivity index (χ4n) is 1.83. The Morgan fingerprint density at radius 2 is 1.68 bits per heavy atom. The molecule has 4 N–H and O–H groups in total. The van der Waals surface area contributed by atoms with Crippen LogP contribution in [0.1, 0.15) is 52.4 Å². The summed E-state index contributed by atoms with van der Waals surface area (Å²) >= 11 is 0. The van der Waals surface area contributed by atoms with Gasteiger partial charge >= 0.3 is 7.60 Å². The van der Waals surface area contributed by atoms with E-state index in [2.05, 4.69) is 18.7 Å². The second-order valence-corrected chi connectivity index (χ2v) is 7.05. The highest BCUT2D eigenvalue weighted by atomic mass is 31.2. The molecule has 0 aromatic heterocycles. The van der Waals surface area contributed by atoms with Gasteiger partial charge in [-0.15, -0.1) is 0 Å². The minimum absolute atomic E-state index is 0.0142. The van der Waals surface area contributed by atoms with E-state index in [4.69, 9.17) is 15.5 Å². The second kappa shape index (κ2) is 10.8. The Balaban J connectivity index is 0.000000711. The van der Waals surface area contributed by atoms with Crippen LogP contribution < -0.4 is 5.73 Å². The first kappa shape index (κ1) is 19.1. The summed E-state index contributed by atoms with van der Waals surface area (Å²) in [4.78, 5) is 19.7. The van der Waals surface area contributed by atoms with Gasteiger partial charge in [-0.3, -0.25) is 4.57 Å². The molecule has 0 radical (unpaired) electrons. The molecular formula is C13H31N2O3P. The lowest BCUT2D eigenvalue weighted by Gasteiger charge is -2.29. The molecule has 0 spiro atoms. The van der Waals surface area contributed by atoms with Gasteiger partial charge in [0.15, 0.2) is 0 Å². The first-order chi connectivity index (χ1) is 8.89. The normalized spacial score (nSPS) is 17.9. The molecule has 0 bridgehead atoms. The molecule has 0 unspecified atom stereocenters. The minimum atomic E-state index is -3.78. The molecule has 5 nitrogen and oxygen atoms in total. The van der Waals surface area contributed by atoms with Gasteiger partial charge in [-0.1, -0.05) is 26.7 Å². The molecule has 1 heterocycles. The van der Waals surface area contributed by atoms with E-state index < -0.39 is 7.60 Å². The lowest BCUT2D eigenvalue weighted by molar-refractivity contribution is 0.210. The molecule has 116 valence electrons. The van der Waals surface area contributed by atoms with Gasteiger partial charge < -0.3 is 20.4 Å². The third-order valence-corrected chi connectivity index (χ3v) is 4.20. The Hall–Kier alpha value is 0.0700. The maximum absolute atomic E-state index is 10.6. The molecule has 19 heavy (non-hydrogen) atoms. The van der Waals surface area contributed by atoms with E-state index in [9.17, 15) is 4.57 Å². The molecule has 0 atom stereocenters. The van der Waals surface area contributed by atoms with E-state index in [-0.39, 0.29) is 6.16 Å². The predicted molar refractivity (Wildman–Crippen MR) is 80.4 cm³/mol. The minimum Gasteiger partial charge on any atom is -0.328 e. The first-order valence-electron chi connectivity index (χ1n) is 7.41. The molecule has 1 fully saturated rings. The van der Waals surface area contributed by atoms with E-state index >= 15 is 0 Å². The summed E-state index contributed by atoms with van der Waals surface area (Å²) < 4.78 is 10.6. The maximum Gasteiger partial charge on any atom is 0.325 e. The molecule has 0 aromatic carbocycles. The Kier molecular flexibility index (Phi) is 10.8. The maximum atomic E-state index is 10.6. The summed E-state index contributed by atoms with van der Waals surface area (Å²) in [6.45, 7) is 7.35. The van der Waals surface area contributed by atoms with Gasteiger partial charge in [-0.2, -0.15) is 0 Å². The van der Waals surface area contributed by atoms with E-state index in [1.165, 1.54) is 12.8 Å². The van der Waals surface area contributed by atoms with Crippen molar-refractivity contribution in [3.8, 4) is 0 Å². The Bertz CT molecular complexity index is 248. The fraction of sp³-hybridized carbons (Fsp3) is 1.00. The number of hydrogen-bond acceptors (Lipinski definition) is 3. The molecule has 6 heteroatoms. The van der Waals surface area contributed by atoms with Crippen LogP contribution in [-0.2, 0) is 4.57 Å². The van der Waals surface area contributed by atoms with Crippen molar-refractivity contribution in [3.63, 3.8) is 0 Å². The highest BCUT2D eigenvalue weighted by Crippen LogP contribution is 2.35. The molecule has 1 rings (SSSR count). The van der Waals surface area contributed by atoms with Gasteiger partial charge in [0.2, 0.25) is 0 Å². The molecule has 0 aromatic rings. The predicted octanol–water partition coefficient (Wildman–Crippen LogP) is 2.17. The van der Waals surface area contributed by atoms with Crippen molar-refractivity contribution in [3.05, 3.63) is 0 Å². The zero-order valence-corrected chi connectivity index (χ0v) is 13.3. The average molecular weight is 294 g/mol. The molecule has 0 aliphatic carbocycles. The topological polar surface area (TPSA) is 86.8 Å². The van der Waals surface area contributed by atoms with Gasteiger partial charge in [0.05, 0.1) is 0 Å². The lowest BCUT2D eigenvalue weighted by Crippen LogP contribution is -2.40. The zero-order valence-electron chi connectivity index (χ0n) is 12.4. The van der Waals surface area contributed by atoms with Crippen LogP contribution in [0.3, 0.4) is 0 Å². The monoisotopic (exact) mass is 294 g/mol. The summed E-state index contributed by atoms with van der Waals surface area (Å²) in [6.07, 6.45) is 6.20. The van der Waals surface area contributed by atoms with Crippen LogP contribution in [0.4, 0.5) is 0 Å². The number of rotatable bonds is 6. The van der Waals surface area contributed by atoms with Crippen molar-refractivity contribution in [2.45, 2.75) is 58.4 Å². The zero-order chi connectivity index (χ0) is 14.7. The van der Waals surface area contributed by atoms with Gasteiger partial charge in [-0.05, 0) is 45.3 Å². The van der Waals surface area contributed by atoms with E-state index in [1.807, 2.05) is 0 Å². The molecule has 0 saturated carbocycles. The number of nitrogens with two attached hydrogens (primary N) is 1. The highest BCUT2D eigenvalue weighted by molar-refractivity contribution is 7.51. The van der Waals surface area contributed by atoms with Gasteiger partial charge in [-0.25, -0.2) is 0 Å². The number of piperidine rings is 1. The molecule has 1 saturated heterocycles. The second-order valence-electron chi connectivity index (χ2n) is 5.27. The number of unbranched alkanes of at least 4 members (excludes halogenated alkanes) is 2. The van der Waals surface area contributed by atoms with Crippen LogP contribution in [0.15, 0.2) is 0 Å². The Morgan fingerprint density at radius 3 is 2.11 bits per heavy atom. The Labute approximate surface area is 117 Å². The van der Waals surface area contributed by atoms with Crippen molar-refractivity contribution in [2.75, 3.05) is 25.8 Å². The summed E-state index contributed by atoms with van der Waals surface area (Å²) in [7, 11) is -3.78. The SMILES string of the molecule is CCCC.NC1CCN(CCCCP(=O)(O)O)CC1. The van der Waals surface area contributed by atoms with Crippen LogP contribution in [0.2, 0.25) is 0 Å². The van der Waals surface area contributed by atoms with Crippen molar-refractivity contribution in [2.24, 2.45) is 5.73 Å². The first-order valence-corrected chi connectivity index (χ1v) is 9.21. The number of nitrogens with zero attached hydrogens (tertiary/aromatic N) is 1. The third-order valence-electron chi connectivity index (χ3n) is 3.31. The standard InChI is InChI=1S/C9H21N2O3P.C4H10/c10-9-3-6-11(7-4-9)5-1-2-8-15(12,13)14;1-3-4-2/h9H,1-8,10H2,(H2,12,13,14);3-4H2,1-2H3. The largest absolute Gasteiger partial charge is 0.328 e. The summed E-state index contributed by atoms with van der Waals surface area (Å²) in [6, 6.07) is 0.344. The highest BCUT2D eigenvalue weighted by Gasteiger charge is 2.16. The van der Waals surface area contributed by atoms with Crippen molar-refractivity contribution < 1.29 is 14.4 Å². The van der Waals surface area contributed by atoms with Crippen molar-refractivity contribution in [1.82, 2.24) is 4.90 Å². The van der Waals surface area contributed by atoms with Crippen molar-refractivity contribution >= 4 is 7.60 Å². The summed E-state index contributed by atoms with van der Waals surface area (Å²) in [5.41, 5.74) is 5.78. The van der Waals surface area contributed by atoms with Crippen molar-refractivity contribution in [1.29, 1.82) is 0 Å². The third kappa shape index (κ3) is 12.8. The Morgan fingerprint density at radius 1 is 1.16 bits per heavy atom. The van der Waals surface area contributed by atoms with E-state index in [0.717, 1.165) is 38.9 Å². The summed E-state index contributed by atoms with van der Waals surface area (Å²) in [5.74, 6) is 0. The quantitative estimate of drug-likeness (QED) is 0.516. The fourth-order valence-corrected chi connectivity index (χ4v) is 2.47. The van der Waals surface area contributed by atoms with Crippen LogP contribution >= 0.6 is 7.60 Å². The average Bonchev–Trinajstić information content (AvgIpc) is 2.36. The lowest BCUT2D eigenvalue weighted by atomic mass is 10.1. The van der Waals surface area contributed by atoms with Gasteiger partial charge in [0.25, 0.3) is 0 Å². The number of hydrogen-bond donors (Lipinski definition) is 3.